The van der Waals surface area contributed by atoms with Crippen LogP contribution in [0.4, 0.5) is 0 Å². The van der Waals surface area contributed by atoms with E-state index < -0.39 is 78.7 Å². The maximum atomic E-state index is 13.9. The van der Waals surface area contributed by atoms with Gasteiger partial charge in [-0.15, -0.1) is 0 Å². The fraction of sp³-hybridized carbons (Fsp3) is 0.420. The lowest BCUT2D eigenvalue weighted by atomic mass is 9.95. The molecule has 0 spiro atoms. The minimum atomic E-state index is -0.755. The van der Waals surface area contributed by atoms with Crippen LogP contribution in [0.3, 0.4) is 0 Å². The molecule has 64 heavy (non-hydrogen) atoms. The van der Waals surface area contributed by atoms with E-state index in [0.29, 0.717) is 22.3 Å². The van der Waals surface area contributed by atoms with Gasteiger partial charge in [0.15, 0.2) is 26.4 Å². The number of esters is 5. The van der Waals surface area contributed by atoms with Gasteiger partial charge in [0.2, 0.25) is 0 Å². The van der Waals surface area contributed by atoms with Crippen LogP contribution in [0.2, 0.25) is 0 Å². The summed E-state index contributed by atoms with van der Waals surface area (Å²) < 4.78 is 51.1. The Morgan fingerprint density at radius 2 is 0.688 bits per heavy atom. The second-order valence-electron chi connectivity index (χ2n) is 18.7. The fourth-order valence-electron chi connectivity index (χ4n) is 5.75. The molecule has 4 aromatic carbocycles. The third kappa shape index (κ3) is 18.4. The quantitative estimate of drug-likeness (QED) is 0.0726. The molecule has 0 aliphatic rings. The highest BCUT2D eigenvalue weighted by molar-refractivity contribution is 5.94. The summed E-state index contributed by atoms with van der Waals surface area (Å²) in [6.45, 7) is 19.1. The van der Waals surface area contributed by atoms with Gasteiger partial charge in [-0.2, -0.15) is 0 Å². The first-order valence-corrected chi connectivity index (χ1v) is 20.7. The van der Waals surface area contributed by atoms with E-state index in [9.17, 15) is 24.0 Å². The van der Waals surface area contributed by atoms with Crippen molar-refractivity contribution in [1.82, 2.24) is 0 Å². The SMILES string of the molecule is CC(C)(C)OC(=O)COc1cc(OCC(=O)OC(C)(C)C)cc(-c2cc(C(=O)OCc3ccccc3)cc(-c3cc(OCC(=O)OC(C)(C)C)cc(OCC(=O)OC(C)(C)C)c3)c2)c1. The van der Waals surface area contributed by atoms with E-state index in [2.05, 4.69) is 0 Å². The third-order valence-corrected chi connectivity index (χ3v) is 7.92. The van der Waals surface area contributed by atoms with Gasteiger partial charge in [0.05, 0.1) is 5.56 Å². The lowest BCUT2D eigenvalue weighted by molar-refractivity contribution is -0.158. The Balaban J connectivity index is 1.85. The minimum Gasteiger partial charge on any atom is -0.482 e. The first kappa shape index (κ1) is 50.1. The van der Waals surface area contributed by atoms with Crippen LogP contribution in [0, 0.1) is 0 Å². The second kappa shape index (κ2) is 21.2. The number of carbonyl (C=O) groups excluding carboxylic acids is 5. The van der Waals surface area contributed by atoms with Gasteiger partial charge in [0.1, 0.15) is 52.0 Å². The molecular formula is C50H60O14. The van der Waals surface area contributed by atoms with Crippen LogP contribution >= 0.6 is 0 Å². The Labute approximate surface area is 375 Å². The Bertz CT molecular complexity index is 2040. The molecule has 0 aliphatic heterocycles. The van der Waals surface area contributed by atoms with Gasteiger partial charge in [0, 0.05) is 12.1 Å². The molecule has 14 nitrogen and oxygen atoms in total. The molecule has 0 N–H and O–H groups in total. The smallest absolute Gasteiger partial charge is 0.344 e. The second-order valence-corrected chi connectivity index (χ2v) is 18.7. The van der Waals surface area contributed by atoms with Crippen LogP contribution in [0.1, 0.15) is 99.0 Å². The van der Waals surface area contributed by atoms with Crippen molar-refractivity contribution in [2.24, 2.45) is 0 Å². The third-order valence-electron chi connectivity index (χ3n) is 7.92. The first-order chi connectivity index (χ1) is 29.7. The van der Waals surface area contributed by atoms with Crippen molar-refractivity contribution >= 4 is 29.8 Å². The van der Waals surface area contributed by atoms with Gasteiger partial charge in [-0.3, -0.25) is 0 Å². The van der Waals surface area contributed by atoms with Crippen LogP contribution in [0.5, 0.6) is 23.0 Å². The molecule has 0 radical (unpaired) electrons. The van der Waals surface area contributed by atoms with Crippen molar-refractivity contribution < 1.29 is 66.6 Å². The van der Waals surface area contributed by atoms with E-state index in [1.807, 2.05) is 30.3 Å². The molecule has 0 unspecified atom stereocenters. The molecule has 0 saturated heterocycles. The predicted molar refractivity (Wildman–Crippen MR) is 238 cm³/mol. The molecule has 0 fully saturated rings. The standard InChI is InChI=1S/C50H60O14/c1-47(2,3)61-42(51)28-56-38-21-35(22-39(25-38)57-29-43(52)62-48(4,5)6)33-18-34(20-37(19-33)46(55)60-27-32-16-14-13-15-17-32)36-23-40(58-30-44(53)63-49(7,8)9)26-41(24-36)59-31-45(54)64-50(10,11)12/h13-26H,27-31H2,1-12H3. The highest BCUT2D eigenvalue weighted by Crippen LogP contribution is 2.37. The summed E-state index contributed by atoms with van der Waals surface area (Å²) in [4.78, 5) is 64.6. The minimum absolute atomic E-state index is 0.00742. The number of carbonyl (C=O) groups is 5. The molecule has 14 heteroatoms. The lowest BCUT2D eigenvalue weighted by Gasteiger charge is -2.20. The molecule has 0 atom stereocenters. The molecule has 4 rings (SSSR count). The number of benzene rings is 4. The summed E-state index contributed by atoms with van der Waals surface area (Å²) in [5, 5.41) is 0. The zero-order valence-electron chi connectivity index (χ0n) is 38.8. The summed E-state index contributed by atoms with van der Waals surface area (Å²) in [6.07, 6.45) is 0. The Morgan fingerprint density at radius 1 is 0.391 bits per heavy atom. The lowest BCUT2D eigenvalue weighted by Crippen LogP contribution is -2.27. The molecule has 0 saturated carbocycles. The highest BCUT2D eigenvalue weighted by atomic mass is 16.6. The first-order valence-electron chi connectivity index (χ1n) is 20.7. The zero-order valence-corrected chi connectivity index (χ0v) is 38.8. The normalized spacial score (nSPS) is 11.8. The maximum absolute atomic E-state index is 13.9. The fourth-order valence-corrected chi connectivity index (χ4v) is 5.75. The average Bonchev–Trinajstić information content (AvgIpc) is 3.17. The topological polar surface area (TPSA) is 168 Å². The van der Waals surface area contributed by atoms with Crippen molar-refractivity contribution in [3.05, 3.63) is 96.1 Å². The number of hydrogen-bond acceptors (Lipinski definition) is 14. The van der Waals surface area contributed by atoms with Crippen molar-refractivity contribution in [3.63, 3.8) is 0 Å². The van der Waals surface area contributed by atoms with Crippen molar-refractivity contribution in [3.8, 4) is 45.3 Å². The molecule has 0 aliphatic carbocycles. The Kier molecular flexibility index (Phi) is 16.6. The summed E-state index contributed by atoms with van der Waals surface area (Å²) >= 11 is 0. The number of rotatable bonds is 17. The number of ether oxygens (including phenoxy) is 9. The summed E-state index contributed by atoms with van der Waals surface area (Å²) in [5.74, 6) is -2.34. The monoisotopic (exact) mass is 884 g/mol. The van der Waals surface area contributed by atoms with E-state index >= 15 is 0 Å². The van der Waals surface area contributed by atoms with Crippen LogP contribution in [0.25, 0.3) is 22.3 Å². The van der Waals surface area contributed by atoms with Crippen molar-refractivity contribution in [1.29, 1.82) is 0 Å². The van der Waals surface area contributed by atoms with E-state index in [1.165, 1.54) is 12.1 Å². The van der Waals surface area contributed by atoms with Crippen LogP contribution in [-0.4, -0.2) is 78.7 Å². The highest BCUT2D eigenvalue weighted by Gasteiger charge is 2.22. The Morgan fingerprint density at radius 3 is 0.984 bits per heavy atom. The summed E-state index contributed by atoms with van der Waals surface area (Å²) in [6, 6.07) is 23.8. The van der Waals surface area contributed by atoms with E-state index in [4.69, 9.17) is 42.6 Å². The van der Waals surface area contributed by atoms with Crippen LogP contribution in [0.15, 0.2) is 84.9 Å². The molecule has 344 valence electrons. The van der Waals surface area contributed by atoms with Crippen LogP contribution in [-0.2, 0) is 49.5 Å². The molecular weight excluding hydrogens is 825 g/mol. The zero-order chi connectivity index (χ0) is 47.5. The van der Waals surface area contributed by atoms with Crippen molar-refractivity contribution in [2.75, 3.05) is 26.4 Å². The van der Waals surface area contributed by atoms with Gasteiger partial charge in [0.25, 0.3) is 0 Å². The van der Waals surface area contributed by atoms with E-state index in [1.54, 1.807) is 126 Å². The van der Waals surface area contributed by atoms with E-state index in [-0.39, 0.29) is 35.2 Å². The van der Waals surface area contributed by atoms with Crippen LogP contribution < -0.4 is 18.9 Å². The van der Waals surface area contributed by atoms with Gasteiger partial charge in [-0.05, 0) is 153 Å². The van der Waals surface area contributed by atoms with Gasteiger partial charge >= 0.3 is 29.8 Å². The molecule has 0 heterocycles. The van der Waals surface area contributed by atoms with E-state index in [0.717, 1.165) is 5.56 Å². The van der Waals surface area contributed by atoms with Crippen molar-refractivity contribution in [2.45, 2.75) is 112 Å². The van der Waals surface area contributed by atoms with Gasteiger partial charge in [-0.25, -0.2) is 24.0 Å². The van der Waals surface area contributed by atoms with Gasteiger partial charge < -0.3 is 42.6 Å². The Hall–Kier alpha value is -6.57. The maximum Gasteiger partial charge on any atom is 0.344 e. The largest absolute Gasteiger partial charge is 0.482 e. The molecule has 0 amide bonds. The number of hydrogen-bond donors (Lipinski definition) is 0. The predicted octanol–water partition coefficient (Wildman–Crippen LogP) is 9.26. The average molecular weight is 885 g/mol. The molecule has 0 aromatic heterocycles. The summed E-state index contributed by atoms with van der Waals surface area (Å²) in [5.41, 5.74) is -0.258. The summed E-state index contributed by atoms with van der Waals surface area (Å²) in [7, 11) is 0. The molecule has 4 aromatic rings. The van der Waals surface area contributed by atoms with Gasteiger partial charge in [-0.1, -0.05) is 30.3 Å². The molecule has 0 bridgehead atoms.